The van der Waals surface area contributed by atoms with Crippen molar-refractivity contribution in [1.29, 1.82) is 0 Å². The van der Waals surface area contributed by atoms with Gasteiger partial charge in [0.25, 0.3) is 17.4 Å². The lowest BCUT2D eigenvalue weighted by atomic mass is 9.72. The average Bonchev–Trinajstić information content (AvgIpc) is 3.43. The van der Waals surface area contributed by atoms with Crippen molar-refractivity contribution in [2.45, 2.75) is 51.1 Å². The highest BCUT2D eigenvalue weighted by Gasteiger charge is 2.46. The van der Waals surface area contributed by atoms with Gasteiger partial charge >= 0.3 is 0 Å². The molecule has 3 fully saturated rings. The molecule has 3 saturated heterocycles. The van der Waals surface area contributed by atoms with Crippen LogP contribution in [0.3, 0.4) is 0 Å². The number of unbranched alkanes of at least 4 members (excludes halogenated alkanes) is 1. The maximum atomic E-state index is 13.1. The van der Waals surface area contributed by atoms with Crippen LogP contribution in [-0.4, -0.2) is 101 Å². The zero-order chi connectivity index (χ0) is 39.1. The number of piperidine rings is 2. The van der Waals surface area contributed by atoms with E-state index in [1.807, 2.05) is 24.4 Å². The van der Waals surface area contributed by atoms with E-state index < -0.39 is 29.7 Å². The first-order valence-corrected chi connectivity index (χ1v) is 19.1. The highest BCUT2D eigenvalue weighted by Crippen LogP contribution is 2.44. The quantitative estimate of drug-likeness (QED) is 0.153. The molecule has 1 atom stereocenters. The molecule has 1 spiro atoms. The van der Waals surface area contributed by atoms with Crippen molar-refractivity contribution in [2.75, 3.05) is 46.9 Å². The Labute approximate surface area is 324 Å². The molecule has 1 unspecified atom stereocenters. The Balaban J connectivity index is 0.824. The molecule has 2 aromatic heterocycles. The van der Waals surface area contributed by atoms with Crippen molar-refractivity contribution in [1.82, 2.24) is 29.6 Å². The molecular formula is C43H44N6O7. The van der Waals surface area contributed by atoms with Crippen molar-refractivity contribution < 1.29 is 28.7 Å². The van der Waals surface area contributed by atoms with E-state index >= 15 is 0 Å². The van der Waals surface area contributed by atoms with Crippen LogP contribution in [0.2, 0.25) is 0 Å². The first kappa shape index (κ1) is 37.1. The van der Waals surface area contributed by atoms with Gasteiger partial charge in [0, 0.05) is 69.2 Å². The molecule has 4 aliphatic heterocycles. The number of aryl methyl sites for hydroxylation is 1. The summed E-state index contributed by atoms with van der Waals surface area (Å²) in [6, 6.07) is 9.89. The number of nitrogens with zero attached hydrogens (tertiary/aromatic N) is 5. The van der Waals surface area contributed by atoms with Gasteiger partial charge in [0.05, 0.1) is 36.3 Å². The summed E-state index contributed by atoms with van der Waals surface area (Å²) in [5, 5.41) is 3.62. The first-order valence-electron chi connectivity index (χ1n) is 19.1. The molecule has 6 heterocycles. The minimum atomic E-state index is -0.985. The van der Waals surface area contributed by atoms with Gasteiger partial charge in [0.1, 0.15) is 17.5 Å². The van der Waals surface area contributed by atoms with Crippen LogP contribution in [0.25, 0.3) is 21.9 Å². The van der Waals surface area contributed by atoms with Crippen molar-refractivity contribution in [2.24, 2.45) is 12.5 Å². The van der Waals surface area contributed by atoms with Gasteiger partial charge in [-0.25, -0.2) is 0 Å². The van der Waals surface area contributed by atoms with Gasteiger partial charge in [0.15, 0.2) is 0 Å². The molecule has 4 aliphatic rings. The van der Waals surface area contributed by atoms with Crippen LogP contribution in [0.4, 0.5) is 0 Å². The first-order chi connectivity index (χ1) is 27.1. The maximum absolute atomic E-state index is 13.1. The van der Waals surface area contributed by atoms with Crippen molar-refractivity contribution in [3.8, 4) is 34.5 Å². The van der Waals surface area contributed by atoms with Gasteiger partial charge < -0.3 is 18.9 Å². The van der Waals surface area contributed by atoms with Crippen LogP contribution < -0.4 is 20.3 Å². The van der Waals surface area contributed by atoms with Gasteiger partial charge in [-0.05, 0) is 98.1 Å². The Kier molecular flexibility index (Phi) is 9.94. The summed E-state index contributed by atoms with van der Waals surface area (Å²) in [7, 11) is 5.11. The van der Waals surface area contributed by atoms with E-state index in [1.54, 1.807) is 56.4 Å². The van der Waals surface area contributed by atoms with Crippen LogP contribution >= 0.6 is 0 Å². The number of hydrogen-bond donors (Lipinski definition) is 1. The summed E-state index contributed by atoms with van der Waals surface area (Å²) in [6.07, 6.45) is 9.30. The number of methoxy groups -OCH3 is 2. The fourth-order valence-corrected chi connectivity index (χ4v) is 8.75. The maximum Gasteiger partial charge on any atom is 0.262 e. The number of pyridine rings is 2. The Morgan fingerprint density at radius 1 is 0.893 bits per heavy atom. The van der Waals surface area contributed by atoms with Crippen LogP contribution in [0.15, 0.2) is 59.8 Å². The third-order valence-electron chi connectivity index (χ3n) is 11.8. The second-order valence-corrected chi connectivity index (χ2v) is 15.3. The molecule has 4 aromatic rings. The molecule has 8 rings (SSSR count). The minimum Gasteiger partial charge on any atom is -0.496 e. The molecule has 4 amide bonds. The third kappa shape index (κ3) is 6.84. The van der Waals surface area contributed by atoms with Crippen molar-refractivity contribution >= 4 is 34.4 Å². The standard InChI is InChI=1S/C43H44N6O7/c1-46-23-33(29-12-15-44-22-32(29)40(46)52)28-20-36(55-2)34(37(21-28)56-3)24-48-25-43(26-48)13-17-47(18-14-43)16-6-4-5-7-27-8-9-30-31(19-27)42(54)49(41(30)53)35-10-11-38(50)45-39(35)51/h8-9,12,15,19-23,35H,4,6,10-11,13-14,16-18,24-26H2,1-3H3,(H,45,50,51). The van der Waals surface area contributed by atoms with Crippen LogP contribution in [-0.2, 0) is 23.2 Å². The topological polar surface area (TPSA) is 143 Å². The average molecular weight is 757 g/mol. The molecule has 2 aromatic carbocycles. The number of carbonyl (C=O) groups is 4. The van der Waals surface area contributed by atoms with E-state index in [1.165, 1.54) is 0 Å². The van der Waals surface area contributed by atoms with Crippen molar-refractivity contribution in [3.05, 3.63) is 87.6 Å². The number of fused-ring (bicyclic) bond motifs is 2. The summed E-state index contributed by atoms with van der Waals surface area (Å²) in [4.78, 5) is 72.9. The summed E-state index contributed by atoms with van der Waals surface area (Å²) in [5.41, 5.74) is 4.19. The van der Waals surface area contributed by atoms with Crippen LogP contribution in [0, 0.1) is 17.3 Å². The second kappa shape index (κ2) is 15.0. The van der Waals surface area contributed by atoms with Gasteiger partial charge in [-0.1, -0.05) is 11.8 Å². The zero-order valence-electron chi connectivity index (χ0n) is 31.9. The van der Waals surface area contributed by atoms with Crippen molar-refractivity contribution in [3.63, 3.8) is 0 Å². The molecule has 0 radical (unpaired) electrons. The van der Waals surface area contributed by atoms with Gasteiger partial charge in [0.2, 0.25) is 11.8 Å². The molecule has 0 bridgehead atoms. The SMILES string of the molecule is COc1cc(-c2cn(C)c(=O)c3cnccc23)cc(OC)c1CN1CC2(CCN(CCCC#Cc3ccc4c(c3)C(=O)N(C3CCC(=O)NC3=O)C4=O)CC2)C1. The Morgan fingerprint density at radius 3 is 2.34 bits per heavy atom. The number of rotatable bonds is 9. The predicted molar refractivity (Wildman–Crippen MR) is 208 cm³/mol. The smallest absolute Gasteiger partial charge is 0.262 e. The molecule has 1 N–H and O–H groups in total. The number of ether oxygens (including phenoxy) is 2. The summed E-state index contributed by atoms with van der Waals surface area (Å²) in [5.74, 6) is 5.80. The molecular weight excluding hydrogens is 713 g/mol. The summed E-state index contributed by atoms with van der Waals surface area (Å²) in [6.45, 7) is 5.85. The predicted octanol–water partition coefficient (Wildman–Crippen LogP) is 3.75. The van der Waals surface area contributed by atoms with Gasteiger partial charge in [-0.3, -0.25) is 44.1 Å². The number of hydrogen-bond acceptors (Lipinski definition) is 10. The normalized spacial score (nSPS) is 19.4. The van der Waals surface area contributed by atoms with E-state index in [0.29, 0.717) is 22.8 Å². The van der Waals surface area contributed by atoms with E-state index in [0.717, 1.165) is 97.0 Å². The Morgan fingerprint density at radius 2 is 1.62 bits per heavy atom. The van der Waals surface area contributed by atoms with E-state index in [4.69, 9.17) is 9.47 Å². The number of aromatic nitrogens is 2. The van der Waals surface area contributed by atoms with Crippen LogP contribution in [0.5, 0.6) is 11.5 Å². The fraction of sp³-hybridized carbons (Fsp3) is 0.395. The summed E-state index contributed by atoms with van der Waals surface area (Å²) < 4.78 is 13.4. The lowest BCUT2D eigenvalue weighted by molar-refractivity contribution is -0.136. The number of nitrogens with one attached hydrogen (secondary N) is 1. The minimum absolute atomic E-state index is 0.0827. The van der Waals surface area contributed by atoms with E-state index in [2.05, 4.69) is 31.9 Å². The van der Waals surface area contributed by atoms with E-state index in [9.17, 15) is 24.0 Å². The number of imide groups is 2. The molecule has 13 heteroatoms. The molecule has 0 saturated carbocycles. The molecule has 0 aliphatic carbocycles. The monoisotopic (exact) mass is 756 g/mol. The fourth-order valence-electron chi connectivity index (χ4n) is 8.75. The lowest BCUT2D eigenvalue weighted by Crippen LogP contribution is -2.59. The molecule has 56 heavy (non-hydrogen) atoms. The van der Waals surface area contributed by atoms with E-state index in [-0.39, 0.29) is 29.5 Å². The highest BCUT2D eigenvalue weighted by atomic mass is 16.5. The number of benzene rings is 2. The number of likely N-dealkylation sites (tertiary alicyclic amines) is 2. The van der Waals surface area contributed by atoms with Crippen LogP contribution in [0.1, 0.15) is 70.4 Å². The summed E-state index contributed by atoms with van der Waals surface area (Å²) >= 11 is 0. The largest absolute Gasteiger partial charge is 0.496 e. The lowest BCUT2D eigenvalue weighted by Gasteiger charge is -2.54. The Hall–Kier alpha value is -5.84. The Bertz CT molecular complexity index is 2370. The van der Waals surface area contributed by atoms with Gasteiger partial charge in [-0.2, -0.15) is 0 Å². The molecule has 13 nitrogen and oxygen atoms in total. The third-order valence-corrected chi connectivity index (χ3v) is 11.8. The zero-order valence-corrected chi connectivity index (χ0v) is 31.9. The van der Waals surface area contributed by atoms with Gasteiger partial charge in [-0.15, -0.1) is 0 Å². The number of amides is 4. The molecule has 288 valence electrons. The second-order valence-electron chi connectivity index (χ2n) is 15.3. The highest BCUT2D eigenvalue weighted by molar-refractivity contribution is 6.23. The number of carbonyl (C=O) groups excluding carboxylic acids is 4.